The Morgan fingerprint density at radius 3 is 2.74 bits per heavy atom. The van der Waals surface area contributed by atoms with Crippen LogP contribution >= 0.6 is 0 Å². The summed E-state index contributed by atoms with van der Waals surface area (Å²) in [5, 5.41) is 20.5. The molecule has 0 aliphatic carbocycles. The normalized spacial score (nSPS) is 23.3. The van der Waals surface area contributed by atoms with E-state index in [1.807, 2.05) is 14.1 Å². The van der Waals surface area contributed by atoms with Crippen molar-refractivity contribution in [1.82, 2.24) is 30.0 Å². The zero-order chi connectivity index (χ0) is 13.8. The van der Waals surface area contributed by atoms with E-state index < -0.39 is 0 Å². The van der Waals surface area contributed by atoms with Crippen molar-refractivity contribution >= 4 is 5.91 Å². The third kappa shape index (κ3) is 3.48. The molecule has 19 heavy (non-hydrogen) atoms. The van der Waals surface area contributed by atoms with Gasteiger partial charge < -0.3 is 14.9 Å². The number of aliphatic hydroxyl groups is 1. The van der Waals surface area contributed by atoms with Gasteiger partial charge in [0.05, 0.1) is 0 Å². The summed E-state index contributed by atoms with van der Waals surface area (Å²) in [6.45, 7) is 2.37. The minimum absolute atomic E-state index is 0.0299. The van der Waals surface area contributed by atoms with Gasteiger partial charge >= 0.3 is 0 Å². The van der Waals surface area contributed by atoms with Gasteiger partial charge in [-0.3, -0.25) is 4.79 Å². The van der Waals surface area contributed by atoms with E-state index in [2.05, 4.69) is 20.3 Å². The molecule has 1 N–H and O–H groups in total. The van der Waals surface area contributed by atoms with Crippen LogP contribution in [0.25, 0.3) is 0 Å². The standard InChI is InChI=1S/C11H20N6O2/c1-15(2)3-9-4-16(5-10(9)7-18)11(19)6-17-13-8-12-14-17/h8-10,18H,3-7H2,1-2H3/t9-,10-/m1/s1. The van der Waals surface area contributed by atoms with E-state index in [0.29, 0.717) is 19.0 Å². The van der Waals surface area contributed by atoms with Crippen LogP contribution in [0.5, 0.6) is 0 Å². The maximum absolute atomic E-state index is 12.1. The molecule has 1 aliphatic rings. The van der Waals surface area contributed by atoms with Crippen molar-refractivity contribution in [1.29, 1.82) is 0 Å². The Hall–Kier alpha value is -1.54. The summed E-state index contributed by atoms with van der Waals surface area (Å²) in [6, 6.07) is 0. The molecule has 2 heterocycles. The van der Waals surface area contributed by atoms with Crippen LogP contribution in [-0.2, 0) is 11.3 Å². The van der Waals surface area contributed by atoms with E-state index >= 15 is 0 Å². The van der Waals surface area contributed by atoms with Gasteiger partial charge in [0.15, 0.2) is 6.33 Å². The fourth-order valence-electron chi connectivity index (χ4n) is 2.51. The molecular weight excluding hydrogens is 248 g/mol. The van der Waals surface area contributed by atoms with Gasteiger partial charge in [0.1, 0.15) is 6.54 Å². The number of carbonyl (C=O) groups is 1. The summed E-state index contributed by atoms with van der Waals surface area (Å²) in [5.74, 6) is 0.431. The van der Waals surface area contributed by atoms with Gasteiger partial charge in [-0.05, 0) is 25.2 Å². The number of likely N-dealkylation sites (tertiary alicyclic amines) is 1. The van der Waals surface area contributed by atoms with Crippen molar-refractivity contribution in [2.45, 2.75) is 6.54 Å². The lowest BCUT2D eigenvalue weighted by Crippen LogP contribution is -2.33. The molecule has 106 valence electrons. The number of amides is 1. The average molecular weight is 268 g/mol. The first kappa shape index (κ1) is 13.9. The molecule has 2 rings (SSSR count). The summed E-state index contributed by atoms with van der Waals surface area (Å²) in [6.07, 6.45) is 1.31. The summed E-state index contributed by atoms with van der Waals surface area (Å²) >= 11 is 0. The minimum Gasteiger partial charge on any atom is -0.396 e. The minimum atomic E-state index is -0.0299. The van der Waals surface area contributed by atoms with Gasteiger partial charge in [0.25, 0.3) is 0 Å². The number of rotatable bonds is 5. The van der Waals surface area contributed by atoms with Crippen LogP contribution in [-0.4, -0.2) is 81.4 Å². The Balaban J connectivity index is 1.93. The number of aromatic nitrogens is 4. The third-order valence-electron chi connectivity index (χ3n) is 3.43. The highest BCUT2D eigenvalue weighted by Gasteiger charge is 2.34. The second kappa shape index (κ2) is 6.07. The molecule has 2 atom stereocenters. The van der Waals surface area contributed by atoms with Crippen molar-refractivity contribution in [2.24, 2.45) is 11.8 Å². The predicted octanol–water partition coefficient (Wildman–Crippen LogP) is -1.70. The van der Waals surface area contributed by atoms with Crippen LogP contribution in [0.4, 0.5) is 0 Å². The van der Waals surface area contributed by atoms with Crippen LogP contribution in [0.2, 0.25) is 0 Å². The SMILES string of the molecule is CN(C)C[C@@H]1CN(C(=O)Cn2ncnn2)C[C@@H]1CO. The number of nitrogens with zero attached hydrogens (tertiary/aromatic N) is 6. The van der Waals surface area contributed by atoms with Crippen molar-refractivity contribution in [2.75, 3.05) is 40.3 Å². The number of carbonyl (C=O) groups excluding carboxylic acids is 1. The Morgan fingerprint density at radius 2 is 2.16 bits per heavy atom. The van der Waals surface area contributed by atoms with Crippen molar-refractivity contribution in [3.05, 3.63) is 6.33 Å². The molecule has 1 saturated heterocycles. The molecule has 0 spiro atoms. The smallest absolute Gasteiger partial charge is 0.246 e. The first-order chi connectivity index (χ1) is 9.10. The molecule has 0 unspecified atom stereocenters. The summed E-state index contributed by atoms with van der Waals surface area (Å²) < 4.78 is 0. The quantitative estimate of drug-likeness (QED) is 0.685. The van der Waals surface area contributed by atoms with Crippen LogP contribution in [0, 0.1) is 11.8 Å². The van der Waals surface area contributed by atoms with Gasteiger partial charge in [-0.2, -0.15) is 4.80 Å². The van der Waals surface area contributed by atoms with Gasteiger partial charge in [-0.1, -0.05) is 0 Å². The van der Waals surface area contributed by atoms with Gasteiger partial charge in [0.2, 0.25) is 5.91 Å². The number of tetrazole rings is 1. The molecule has 0 saturated carbocycles. The summed E-state index contributed by atoms with van der Waals surface area (Å²) in [5.41, 5.74) is 0. The highest BCUT2D eigenvalue weighted by molar-refractivity contribution is 5.76. The van der Waals surface area contributed by atoms with Gasteiger partial charge in [-0.25, -0.2) is 0 Å². The second-order valence-corrected chi connectivity index (χ2v) is 5.23. The molecule has 1 aromatic heterocycles. The summed E-state index contributed by atoms with van der Waals surface area (Å²) in [4.78, 5) is 17.2. The van der Waals surface area contributed by atoms with E-state index in [-0.39, 0.29) is 25.0 Å². The zero-order valence-corrected chi connectivity index (χ0v) is 11.3. The summed E-state index contributed by atoms with van der Waals surface area (Å²) in [7, 11) is 4.00. The molecule has 1 amide bonds. The fraction of sp³-hybridized carbons (Fsp3) is 0.818. The molecular formula is C11H20N6O2. The third-order valence-corrected chi connectivity index (χ3v) is 3.43. The molecule has 1 aromatic rings. The maximum atomic E-state index is 12.1. The van der Waals surface area contributed by atoms with E-state index in [1.165, 1.54) is 11.1 Å². The largest absolute Gasteiger partial charge is 0.396 e. The molecule has 0 bridgehead atoms. The zero-order valence-electron chi connectivity index (χ0n) is 11.3. The Bertz CT molecular complexity index is 407. The molecule has 8 heteroatoms. The number of hydrogen-bond acceptors (Lipinski definition) is 6. The Morgan fingerprint density at radius 1 is 1.42 bits per heavy atom. The van der Waals surface area contributed by atoms with Crippen LogP contribution in [0.3, 0.4) is 0 Å². The maximum Gasteiger partial charge on any atom is 0.246 e. The molecule has 1 aliphatic heterocycles. The van der Waals surface area contributed by atoms with Gasteiger partial charge in [0, 0.05) is 32.2 Å². The van der Waals surface area contributed by atoms with Gasteiger partial charge in [-0.15, -0.1) is 10.2 Å². The van der Waals surface area contributed by atoms with Crippen molar-refractivity contribution < 1.29 is 9.90 Å². The van der Waals surface area contributed by atoms with E-state index in [9.17, 15) is 9.90 Å². The lowest BCUT2D eigenvalue weighted by molar-refractivity contribution is -0.131. The molecule has 0 aromatic carbocycles. The first-order valence-electron chi connectivity index (χ1n) is 6.34. The highest BCUT2D eigenvalue weighted by atomic mass is 16.3. The second-order valence-electron chi connectivity index (χ2n) is 5.23. The van der Waals surface area contributed by atoms with Crippen LogP contribution < -0.4 is 0 Å². The lowest BCUT2D eigenvalue weighted by atomic mass is 9.97. The molecule has 0 radical (unpaired) electrons. The fourth-order valence-corrected chi connectivity index (χ4v) is 2.51. The Kier molecular flexibility index (Phi) is 4.43. The number of aliphatic hydroxyl groups excluding tert-OH is 1. The monoisotopic (exact) mass is 268 g/mol. The number of hydrogen-bond donors (Lipinski definition) is 1. The average Bonchev–Trinajstić information content (AvgIpc) is 2.97. The molecule has 8 nitrogen and oxygen atoms in total. The van der Waals surface area contributed by atoms with Crippen molar-refractivity contribution in [3.8, 4) is 0 Å². The van der Waals surface area contributed by atoms with Crippen molar-refractivity contribution in [3.63, 3.8) is 0 Å². The Labute approximate surface area is 112 Å². The van der Waals surface area contributed by atoms with E-state index in [1.54, 1.807) is 4.90 Å². The predicted molar refractivity (Wildman–Crippen MR) is 67.0 cm³/mol. The van der Waals surface area contributed by atoms with Crippen LogP contribution in [0.1, 0.15) is 0 Å². The van der Waals surface area contributed by atoms with Crippen LogP contribution in [0.15, 0.2) is 6.33 Å². The lowest BCUT2D eigenvalue weighted by Gasteiger charge is -2.20. The first-order valence-corrected chi connectivity index (χ1v) is 6.34. The van der Waals surface area contributed by atoms with E-state index in [0.717, 1.165) is 6.54 Å². The highest BCUT2D eigenvalue weighted by Crippen LogP contribution is 2.23. The molecule has 1 fully saturated rings. The van der Waals surface area contributed by atoms with E-state index in [4.69, 9.17) is 0 Å². The topological polar surface area (TPSA) is 87.4 Å².